The third-order valence-electron chi connectivity index (χ3n) is 1.79. The number of thiophene rings is 1. The Kier molecular flexibility index (Phi) is 2.58. The predicted octanol–water partition coefficient (Wildman–Crippen LogP) is 3.97. The minimum Gasteiger partial charge on any atom is -0.298 e. The summed E-state index contributed by atoms with van der Waals surface area (Å²) in [6, 6.07) is 3.94. The van der Waals surface area contributed by atoms with Gasteiger partial charge >= 0.3 is 0 Å². The molecule has 0 saturated heterocycles. The number of hydrogen-bond donors (Lipinski definition) is 0. The molecular formula is C9H4ClIOS. The van der Waals surface area contributed by atoms with Crippen molar-refractivity contribution in [1.82, 2.24) is 0 Å². The number of benzene rings is 1. The van der Waals surface area contributed by atoms with Gasteiger partial charge in [0.2, 0.25) is 0 Å². The highest BCUT2D eigenvalue weighted by Gasteiger charge is 2.09. The van der Waals surface area contributed by atoms with E-state index in [4.69, 9.17) is 11.6 Å². The molecule has 2 rings (SSSR count). The van der Waals surface area contributed by atoms with Crippen LogP contribution in [0.4, 0.5) is 0 Å². The molecule has 66 valence electrons. The second kappa shape index (κ2) is 3.55. The second-order valence-electron chi connectivity index (χ2n) is 2.54. The van der Waals surface area contributed by atoms with Crippen LogP contribution in [0, 0.1) is 3.57 Å². The molecule has 0 spiro atoms. The average molecular weight is 323 g/mol. The van der Waals surface area contributed by atoms with Crippen molar-refractivity contribution in [3.8, 4) is 0 Å². The van der Waals surface area contributed by atoms with Gasteiger partial charge in [-0.2, -0.15) is 0 Å². The summed E-state index contributed by atoms with van der Waals surface area (Å²) in [6.07, 6.45) is 0.848. The zero-order valence-corrected chi connectivity index (χ0v) is 10.1. The van der Waals surface area contributed by atoms with Crippen LogP contribution in [0.5, 0.6) is 0 Å². The summed E-state index contributed by atoms with van der Waals surface area (Å²) in [6.45, 7) is 0. The highest BCUT2D eigenvalue weighted by atomic mass is 127. The highest BCUT2D eigenvalue weighted by Crippen LogP contribution is 2.34. The van der Waals surface area contributed by atoms with Gasteiger partial charge in [0, 0.05) is 24.6 Å². The van der Waals surface area contributed by atoms with Crippen LogP contribution >= 0.6 is 45.5 Å². The molecule has 4 heteroatoms. The smallest absolute Gasteiger partial charge is 0.151 e. The fourth-order valence-electron chi connectivity index (χ4n) is 1.17. The maximum atomic E-state index is 10.7. The van der Waals surface area contributed by atoms with E-state index in [1.165, 1.54) is 0 Å². The summed E-state index contributed by atoms with van der Waals surface area (Å²) in [5, 5.41) is 3.40. The number of fused-ring (bicyclic) bond motifs is 1. The van der Waals surface area contributed by atoms with Crippen LogP contribution in [-0.4, -0.2) is 6.29 Å². The van der Waals surface area contributed by atoms with Gasteiger partial charge in [0.25, 0.3) is 0 Å². The van der Waals surface area contributed by atoms with Gasteiger partial charge < -0.3 is 0 Å². The summed E-state index contributed by atoms with van der Waals surface area (Å²) < 4.78 is 2.04. The van der Waals surface area contributed by atoms with Crippen LogP contribution in [0.3, 0.4) is 0 Å². The third kappa shape index (κ3) is 1.49. The lowest BCUT2D eigenvalue weighted by atomic mass is 10.2. The molecule has 0 unspecified atom stereocenters. The molecule has 0 atom stereocenters. The number of hydrogen-bond acceptors (Lipinski definition) is 2. The van der Waals surface area contributed by atoms with E-state index in [1.807, 2.05) is 17.5 Å². The zero-order chi connectivity index (χ0) is 9.42. The molecule has 1 heterocycles. The lowest BCUT2D eigenvalue weighted by Crippen LogP contribution is -1.79. The Hall–Kier alpha value is -0.130. The number of carbonyl (C=O) groups excluding carboxylic acids is 1. The quantitative estimate of drug-likeness (QED) is 0.573. The first kappa shape index (κ1) is 9.43. The Labute approximate surface area is 97.8 Å². The fraction of sp³-hybridized carbons (Fsp3) is 0. The second-order valence-corrected chi connectivity index (χ2v) is 4.99. The highest BCUT2D eigenvalue weighted by molar-refractivity contribution is 14.1. The van der Waals surface area contributed by atoms with Crippen LogP contribution in [0.25, 0.3) is 10.1 Å². The Morgan fingerprint density at radius 3 is 2.92 bits per heavy atom. The fourth-order valence-corrected chi connectivity index (χ4v) is 2.86. The molecule has 0 bridgehead atoms. The van der Waals surface area contributed by atoms with Crippen molar-refractivity contribution >= 4 is 61.9 Å². The first-order valence-electron chi connectivity index (χ1n) is 3.54. The largest absolute Gasteiger partial charge is 0.298 e. The summed E-state index contributed by atoms with van der Waals surface area (Å²) in [7, 11) is 0. The summed E-state index contributed by atoms with van der Waals surface area (Å²) >= 11 is 9.79. The predicted molar refractivity (Wildman–Crippen MR) is 64.9 cm³/mol. The topological polar surface area (TPSA) is 17.1 Å². The van der Waals surface area contributed by atoms with Crippen LogP contribution in [0.2, 0.25) is 5.02 Å². The Morgan fingerprint density at radius 1 is 1.46 bits per heavy atom. The molecule has 2 aromatic rings. The zero-order valence-electron chi connectivity index (χ0n) is 6.38. The van der Waals surface area contributed by atoms with E-state index in [0.717, 1.165) is 19.9 Å². The van der Waals surface area contributed by atoms with Gasteiger partial charge in [-0.15, -0.1) is 11.3 Å². The van der Waals surface area contributed by atoms with E-state index < -0.39 is 0 Å². The lowest BCUT2D eigenvalue weighted by Gasteiger charge is -1.97. The standard InChI is InChI=1S/C9H4ClIOS/c10-9-6(11)1-2-7-8(9)5(3-12)4-13-7/h1-4H. The van der Waals surface area contributed by atoms with Gasteiger partial charge in [0.1, 0.15) is 0 Å². The SMILES string of the molecule is O=Cc1csc2ccc(I)c(Cl)c12. The van der Waals surface area contributed by atoms with E-state index in [-0.39, 0.29) is 0 Å². The van der Waals surface area contributed by atoms with Gasteiger partial charge in [-0.25, -0.2) is 0 Å². The number of halogens is 2. The molecule has 0 amide bonds. The maximum Gasteiger partial charge on any atom is 0.151 e. The average Bonchev–Trinajstić information content (AvgIpc) is 2.55. The van der Waals surface area contributed by atoms with Gasteiger partial charge in [-0.05, 0) is 34.7 Å². The van der Waals surface area contributed by atoms with Crippen LogP contribution in [0.1, 0.15) is 10.4 Å². The molecule has 0 radical (unpaired) electrons. The molecule has 0 aliphatic rings. The first-order valence-corrected chi connectivity index (χ1v) is 5.88. The lowest BCUT2D eigenvalue weighted by molar-refractivity contribution is 0.112. The number of aldehydes is 1. The van der Waals surface area contributed by atoms with Crippen molar-refractivity contribution in [3.63, 3.8) is 0 Å². The Bertz CT molecular complexity index is 478. The maximum absolute atomic E-state index is 10.7. The van der Waals surface area contributed by atoms with Crippen molar-refractivity contribution in [2.45, 2.75) is 0 Å². The van der Waals surface area contributed by atoms with Gasteiger partial charge in [0.15, 0.2) is 6.29 Å². The summed E-state index contributed by atoms with van der Waals surface area (Å²) in [4.78, 5) is 10.7. The molecule has 1 nitrogen and oxygen atoms in total. The molecule has 0 aliphatic carbocycles. The van der Waals surface area contributed by atoms with E-state index in [2.05, 4.69) is 22.6 Å². The van der Waals surface area contributed by atoms with Crippen molar-refractivity contribution in [2.75, 3.05) is 0 Å². The van der Waals surface area contributed by atoms with E-state index >= 15 is 0 Å². The molecule has 1 aromatic carbocycles. The normalized spacial score (nSPS) is 10.6. The minimum absolute atomic E-state index is 0.682. The molecule has 0 fully saturated rings. The molecule has 13 heavy (non-hydrogen) atoms. The van der Waals surface area contributed by atoms with Crippen molar-refractivity contribution in [2.24, 2.45) is 0 Å². The Morgan fingerprint density at radius 2 is 2.23 bits per heavy atom. The van der Waals surface area contributed by atoms with Crippen molar-refractivity contribution in [1.29, 1.82) is 0 Å². The number of rotatable bonds is 1. The molecule has 0 aliphatic heterocycles. The monoisotopic (exact) mass is 322 g/mol. The van der Waals surface area contributed by atoms with E-state index in [0.29, 0.717) is 10.6 Å². The summed E-state index contributed by atoms with van der Waals surface area (Å²) in [5.74, 6) is 0. The van der Waals surface area contributed by atoms with Crippen LogP contribution in [-0.2, 0) is 0 Å². The molecular weight excluding hydrogens is 319 g/mol. The molecule has 0 saturated carbocycles. The van der Waals surface area contributed by atoms with Gasteiger partial charge in [-0.3, -0.25) is 4.79 Å². The van der Waals surface area contributed by atoms with Crippen molar-refractivity contribution < 1.29 is 4.79 Å². The van der Waals surface area contributed by atoms with Crippen molar-refractivity contribution in [3.05, 3.63) is 31.7 Å². The van der Waals surface area contributed by atoms with E-state index in [1.54, 1.807) is 11.3 Å². The minimum atomic E-state index is 0.682. The van der Waals surface area contributed by atoms with Crippen LogP contribution < -0.4 is 0 Å². The third-order valence-corrected chi connectivity index (χ3v) is 4.36. The first-order chi connectivity index (χ1) is 6.24. The summed E-state index contributed by atoms with van der Waals surface area (Å²) in [5.41, 5.74) is 0.684. The Balaban J connectivity index is 2.93. The molecule has 1 aromatic heterocycles. The van der Waals surface area contributed by atoms with E-state index in [9.17, 15) is 4.79 Å². The van der Waals surface area contributed by atoms with Gasteiger partial charge in [-0.1, -0.05) is 11.6 Å². The van der Waals surface area contributed by atoms with Gasteiger partial charge in [0.05, 0.1) is 5.02 Å². The molecule has 0 N–H and O–H groups in total. The van der Waals surface area contributed by atoms with Crippen LogP contribution in [0.15, 0.2) is 17.5 Å². The number of carbonyl (C=O) groups is 1.